The van der Waals surface area contributed by atoms with Crippen LogP contribution in [0.4, 0.5) is 10.3 Å². The van der Waals surface area contributed by atoms with E-state index in [0.717, 1.165) is 57.7 Å². The molecule has 0 saturated carbocycles. The highest BCUT2D eigenvalue weighted by molar-refractivity contribution is 5.79. The van der Waals surface area contributed by atoms with Gasteiger partial charge in [0.25, 0.3) is 0 Å². The first kappa shape index (κ1) is 22.7. The van der Waals surface area contributed by atoms with Crippen molar-refractivity contribution >= 4 is 11.9 Å². The number of hydrogen-bond donors (Lipinski definition) is 2. The topological polar surface area (TPSA) is 77.9 Å². The highest BCUT2D eigenvalue weighted by Gasteiger charge is 2.18. The van der Waals surface area contributed by atoms with Crippen LogP contribution in [0.25, 0.3) is 0 Å². The molecule has 2 N–H and O–H groups in total. The SMILES string of the molecule is CCNC(=NCC(C)Oc1ccc(F)cc1)NCCN1CCN(c2ncccn2)CC1. The zero-order valence-electron chi connectivity index (χ0n) is 18.3. The van der Waals surface area contributed by atoms with Gasteiger partial charge in [-0.15, -0.1) is 0 Å². The molecule has 1 saturated heterocycles. The molecule has 8 nitrogen and oxygen atoms in total. The standard InChI is InChI=1S/C22H32FN7O/c1-3-24-21(28-17-18(2)31-20-7-5-19(23)6-8-20)25-11-12-29-13-15-30(16-14-29)22-26-9-4-10-27-22/h4-10,18H,3,11-17H2,1-2H3,(H2,24,25,28). The van der Waals surface area contributed by atoms with Gasteiger partial charge >= 0.3 is 0 Å². The van der Waals surface area contributed by atoms with Crippen LogP contribution in [-0.4, -0.2) is 79.3 Å². The van der Waals surface area contributed by atoms with Crippen LogP contribution in [-0.2, 0) is 0 Å². The number of nitrogens with zero attached hydrogens (tertiary/aromatic N) is 5. The van der Waals surface area contributed by atoms with E-state index in [1.807, 2.05) is 19.9 Å². The summed E-state index contributed by atoms with van der Waals surface area (Å²) in [6.45, 7) is 10.8. The first-order chi connectivity index (χ1) is 15.1. The molecule has 1 fully saturated rings. The van der Waals surface area contributed by atoms with Crippen molar-refractivity contribution in [2.45, 2.75) is 20.0 Å². The molecule has 168 valence electrons. The predicted octanol–water partition coefficient (Wildman–Crippen LogP) is 1.76. The Morgan fingerprint density at radius 1 is 1.13 bits per heavy atom. The van der Waals surface area contributed by atoms with Crippen LogP contribution in [0.2, 0.25) is 0 Å². The minimum atomic E-state index is -0.272. The van der Waals surface area contributed by atoms with Crippen LogP contribution in [0.15, 0.2) is 47.7 Å². The minimum absolute atomic E-state index is 0.116. The molecule has 0 aliphatic carbocycles. The number of aromatic nitrogens is 2. The molecule has 3 rings (SSSR count). The fourth-order valence-corrected chi connectivity index (χ4v) is 3.30. The first-order valence-corrected chi connectivity index (χ1v) is 10.8. The molecule has 9 heteroatoms. The Balaban J connectivity index is 1.38. The van der Waals surface area contributed by atoms with Crippen LogP contribution < -0.4 is 20.3 Å². The maximum absolute atomic E-state index is 13.0. The van der Waals surface area contributed by atoms with Gasteiger partial charge in [-0.05, 0) is 44.2 Å². The number of aliphatic imine (C=N–C) groups is 1. The number of piperazine rings is 1. The van der Waals surface area contributed by atoms with Gasteiger partial charge in [-0.3, -0.25) is 4.90 Å². The van der Waals surface area contributed by atoms with Crippen molar-refractivity contribution in [3.8, 4) is 5.75 Å². The Labute approximate surface area is 183 Å². The third-order valence-electron chi connectivity index (χ3n) is 4.93. The van der Waals surface area contributed by atoms with E-state index in [0.29, 0.717) is 12.3 Å². The van der Waals surface area contributed by atoms with E-state index < -0.39 is 0 Å². The van der Waals surface area contributed by atoms with Crippen LogP contribution in [0.5, 0.6) is 5.75 Å². The highest BCUT2D eigenvalue weighted by atomic mass is 19.1. The number of nitrogens with one attached hydrogen (secondary N) is 2. The smallest absolute Gasteiger partial charge is 0.225 e. The molecule has 1 aliphatic rings. The van der Waals surface area contributed by atoms with Crippen molar-refractivity contribution in [1.82, 2.24) is 25.5 Å². The van der Waals surface area contributed by atoms with Gasteiger partial charge in [-0.1, -0.05) is 0 Å². The normalized spacial score (nSPS) is 16.1. The summed E-state index contributed by atoms with van der Waals surface area (Å²) in [7, 11) is 0. The third kappa shape index (κ3) is 7.67. The number of guanidine groups is 1. The lowest BCUT2D eigenvalue weighted by molar-refractivity contribution is 0.230. The van der Waals surface area contributed by atoms with Gasteiger partial charge in [0, 0.05) is 58.2 Å². The summed E-state index contributed by atoms with van der Waals surface area (Å²) < 4.78 is 18.8. The average molecular weight is 430 g/mol. The molecule has 0 bridgehead atoms. The van der Waals surface area contributed by atoms with Crippen LogP contribution in [0, 0.1) is 5.82 Å². The lowest BCUT2D eigenvalue weighted by atomic mass is 10.3. The molecular formula is C22H32FN7O. The Kier molecular flexibility index (Phi) is 8.84. The van der Waals surface area contributed by atoms with Crippen molar-refractivity contribution < 1.29 is 9.13 Å². The van der Waals surface area contributed by atoms with Gasteiger partial charge in [0.05, 0.1) is 6.54 Å². The lowest BCUT2D eigenvalue weighted by Crippen LogP contribution is -2.49. The number of hydrogen-bond acceptors (Lipinski definition) is 6. The molecule has 2 aromatic rings. The van der Waals surface area contributed by atoms with Gasteiger partial charge in [0.1, 0.15) is 17.7 Å². The van der Waals surface area contributed by atoms with E-state index >= 15 is 0 Å². The second-order valence-corrected chi connectivity index (χ2v) is 7.41. The van der Waals surface area contributed by atoms with E-state index in [2.05, 4.69) is 35.4 Å². The van der Waals surface area contributed by atoms with Crippen molar-refractivity contribution in [2.24, 2.45) is 4.99 Å². The predicted molar refractivity (Wildman–Crippen MR) is 121 cm³/mol. The molecule has 1 unspecified atom stereocenters. The number of ether oxygens (including phenoxy) is 1. The van der Waals surface area contributed by atoms with E-state index in [4.69, 9.17) is 4.74 Å². The Morgan fingerprint density at radius 3 is 2.52 bits per heavy atom. The third-order valence-corrected chi connectivity index (χ3v) is 4.93. The summed E-state index contributed by atoms with van der Waals surface area (Å²) in [4.78, 5) is 17.9. The molecule has 0 radical (unpaired) electrons. The highest BCUT2D eigenvalue weighted by Crippen LogP contribution is 2.13. The van der Waals surface area contributed by atoms with Gasteiger partial charge in [-0.2, -0.15) is 0 Å². The zero-order chi connectivity index (χ0) is 21.9. The van der Waals surface area contributed by atoms with E-state index in [9.17, 15) is 4.39 Å². The number of halogens is 1. The van der Waals surface area contributed by atoms with Gasteiger partial charge < -0.3 is 20.3 Å². The van der Waals surface area contributed by atoms with Crippen molar-refractivity contribution in [1.29, 1.82) is 0 Å². The monoisotopic (exact) mass is 429 g/mol. The van der Waals surface area contributed by atoms with E-state index in [1.54, 1.807) is 24.5 Å². The molecular weight excluding hydrogens is 397 g/mol. The fraction of sp³-hybridized carbons (Fsp3) is 0.500. The molecule has 1 atom stereocenters. The molecule has 2 heterocycles. The molecule has 1 aromatic heterocycles. The second-order valence-electron chi connectivity index (χ2n) is 7.41. The molecule has 0 spiro atoms. The van der Waals surface area contributed by atoms with Gasteiger partial charge in [-0.25, -0.2) is 19.4 Å². The first-order valence-electron chi connectivity index (χ1n) is 10.8. The maximum Gasteiger partial charge on any atom is 0.225 e. The Morgan fingerprint density at radius 2 is 1.84 bits per heavy atom. The van der Waals surface area contributed by atoms with E-state index in [1.165, 1.54) is 12.1 Å². The average Bonchev–Trinajstić information content (AvgIpc) is 2.80. The number of benzene rings is 1. The van der Waals surface area contributed by atoms with Gasteiger partial charge in [0.2, 0.25) is 5.95 Å². The lowest BCUT2D eigenvalue weighted by Gasteiger charge is -2.34. The molecule has 1 aliphatic heterocycles. The Bertz CT molecular complexity index is 795. The maximum atomic E-state index is 13.0. The van der Waals surface area contributed by atoms with E-state index in [-0.39, 0.29) is 11.9 Å². The summed E-state index contributed by atoms with van der Waals surface area (Å²) in [5.74, 6) is 1.95. The van der Waals surface area contributed by atoms with Gasteiger partial charge in [0.15, 0.2) is 5.96 Å². The summed E-state index contributed by atoms with van der Waals surface area (Å²) in [6.07, 6.45) is 3.45. The summed E-state index contributed by atoms with van der Waals surface area (Å²) in [5.41, 5.74) is 0. The fourth-order valence-electron chi connectivity index (χ4n) is 3.30. The Hall–Kier alpha value is -2.94. The summed E-state index contributed by atoms with van der Waals surface area (Å²) >= 11 is 0. The van der Waals surface area contributed by atoms with Crippen molar-refractivity contribution in [2.75, 3.05) is 57.3 Å². The van der Waals surface area contributed by atoms with Crippen LogP contribution in [0.3, 0.4) is 0 Å². The summed E-state index contributed by atoms with van der Waals surface area (Å²) in [6, 6.07) is 7.88. The molecule has 0 amide bonds. The number of rotatable bonds is 9. The summed E-state index contributed by atoms with van der Waals surface area (Å²) in [5, 5.41) is 6.66. The minimum Gasteiger partial charge on any atom is -0.489 e. The largest absolute Gasteiger partial charge is 0.489 e. The molecule has 1 aromatic carbocycles. The quantitative estimate of drug-likeness (QED) is 0.465. The number of anilines is 1. The second kappa shape index (κ2) is 12.0. The zero-order valence-corrected chi connectivity index (χ0v) is 18.3. The van der Waals surface area contributed by atoms with Crippen molar-refractivity contribution in [3.63, 3.8) is 0 Å². The van der Waals surface area contributed by atoms with Crippen LogP contribution >= 0.6 is 0 Å². The molecule has 31 heavy (non-hydrogen) atoms. The van der Waals surface area contributed by atoms with Crippen LogP contribution in [0.1, 0.15) is 13.8 Å². The van der Waals surface area contributed by atoms with Crippen molar-refractivity contribution in [3.05, 3.63) is 48.5 Å².